The van der Waals surface area contributed by atoms with E-state index in [1.165, 1.54) is 0 Å². The van der Waals surface area contributed by atoms with Crippen LogP contribution in [0.15, 0.2) is 114 Å². The molecule has 0 aromatic heterocycles. The predicted molar refractivity (Wildman–Crippen MR) is 241 cm³/mol. The van der Waals surface area contributed by atoms with Crippen molar-refractivity contribution < 1.29 is 43.9 Å². The number of rotatable bonds is 22. The van der Waals surface area contributed by atoms with Gasteiger partial charge in [-0.1, -0.05) is 60.5 Å². The number of fused-ring (bicyclic) bond motifs is 3. The van der Waals surface area contributed by atoms with E-state index < -0.39 is 17.7 Å². The molecule has 3 N–H and O–H groups in total. The van der Waals surface area contributed by atoms with Gasteiger partial charge in [0.25, 0.3) is 5.91 Å². The van der Waals surface area contributed by atoms with Crippen molar-refractivity contribution in [2.45, 2.75) is 69.6 Å². The Kier molecular flexibility index (Phi) is 15.7. The molecule has 3 aliphatic rings. The van der Waals surface area contributed by atoms with Crippen LogP contribution in [0.5, 0.6) is 17.2 Å². The molecular weight excluding hydrogens is 799 g/mol. The summed E-state index contributed by atoms with van der Waals surface area (Å²) in [6.07, 6.45) is 8.71. The molecule has 2 aliphatic carbocycles. The molecule has 1 aliphatic heterocycles. The predicted octanol–water partition coefficient (Wildman–Crippen LogP) is 8.31. The summed E-state index contributed by atoms with van der Waals surface area (Å²) in [4.78, 5) is 22.6. The maximum atomic E-state index is 15.0. The minimum Gasteiger partial charge on any atom is -0.459 e. The number of benzene rings is 4. The van der Waals surface area contributed by atoms with Crippen LogP contribution in [0.25, 0.3) is 10.8 Å². The number of oxime groups is 1. The quantitative estimate of drug-likeness (QED) is 0.0398. The summed E-state index contributed by atoms with van der Waals surface area (Å²) in [5.41, 5.74) is 3.35. The molecule has 7 rings (SSSR count). The minimum absolute atomic E-state index is 0.0249. The number of nitrogens with zero attached hydrogens (tertiary/aromatic N) is 3. The van der Waals surface area contributed by atoms with Crippen LogP contribution in [0, 0.1) is 29.1 Å². The molecular formula is C51H59N3O9. The van der Waals surface area contributed by atoms with Crippen LogP contribution < -0.4 is 9.47 Å². The molecule has 4 aromatic carbocycles. The maximum absolute atomic E-state index is 15.0. The van der Waals surface area contributed by atoms with Gasteiger partial charge in [-0.3, -0.25) is 4.79 Å². The Morgan fingerprint density at radius 3 is 2.41 bits per heavy atom. The van der Waals surface area contributed by atoms with Crippen molar-refractivity contribution >= 4 is 22.4 Å². The number of ether oxygens (including phenoxy) is 4. The summed E-state index contributed by atoms with van der Waals surface area (Å²) in [7, 11) is 0. The zero-order valence-electron chi connectivity index (χ0n) is 36.1. The number of hydrogen-bond acceptors (Lipinski definition) is 11. The van der Waals surface area contributed by atoms with Crippen LogP contribution in [0.2, 0.25) is 0 Å². The van der Waals surface area contributed by atoms with Gasteiger partial charge in [0.05, 0.1) is 49.7 Å². The third-order valence-corrected chi connectivity index (χ3v) is 12.5. The van der Waals surface area contributed by atoms with E-state index in [-0.39, 0.29) is 76.3 Å². The molecule has 0 radical (unpaired) electrons. The van der Waals surface area contributed by atoms with E-state index in [2.05, 4.69) is 36.9 Å². The van der Waals surface area contributed by atoms with Gasteiger partial charge in [-0.15, -0.1) is 6.58 Å². The van der Waals surface area contributed by atoms with Crippen LogP contribution in [0.1, 0.15) is 79.3 Å². The van der Waals surface area contributed by atoms with E-state index in [1.54, 1.807) is 35.2 Å². The second kappa shape index (κ2) is 21.7. The van der Waals surface area contributed by atoms with Gasteiger partial charge in [0.2, 0.25) is 5.79 Å². The summed E-state index contributed by atoms with van der Waals surface area (Å²) in [5.74, 6) is -0.523. The zero-order chi connectivity index (χ0) is 44.2. The first kappa shape index (κ1) is 45.5. The lowest BCUT2D eigenvalue weighted by molar-refractivity contribution is -0.254. The highest BCUT2D eigenvalue weighted by Gasteiger charge is 2.65. The van der Waals surface area contributed by atoms with Crippen molar-refractivity contribution in [1.82, 2.24) is 4.90 Å². The third-order valence-electron chi connectivity index (χ3n) is 12.5. The first-order chi connectivity index (χ1) is 30.9. The Morgan fingerprint density at radius 2 is 1.68 bits per heavy atom. The fourth-order valence-electron chi connectivity index (χ4n) is 9.80. The second-order valence-corrected chi connectivity index (χ2v) is 16.3. The fraction of sp³-hybridized carbons (Fsp3) is 0.431. The van der Waals surface area contributed by atoms with Gasteiger partial charge in [0, 0.05) is 43.2 Å². The average Bonchev–Trinajstić information content (AvgIpc) is 3.31. The Morgan fingerprint density at radius 1 is 0.937 bits per heavy atom. The smallest absolute Gasteiger partial charge is 0.254 e. The van der Waals surface area contributed by atoms with Crippen molar-refractivity contribution in [3.63, 3.8) is 0 Å². The molecule has 12 heteroatoms. The number of carbonyl (C=O) groups excluding carboxylic acids is 1. The summed E-state index contributed by atoms with van der Waals surface area (Å²) in [5, 5.41) is 46.0. The topological polar surface area (TPSA) is 163 Å². The van der Waals surface area contributed by atoms with Gasteiger partial charge in [0.15, 0.2) is 0 Å². The lowest BCUT2D eigenvalue weighted by Crippen LogP contribution is -2.70. The summed E-state index contributed by atoms with van der Waals surface area (Å²) < 4.78 is 26.9. The second-order valence-electron chi connectivity index (χ2n) is 16.3. The molecule has 332 valence electrons. The van der Waals surface area contributed by atoms with Gasteiger partial charge >= 0.3 is 0 Å². The standard InChI is InChI=1S/C51H59N3O9/c1-3-27-60-51-47(54(23-28-59-29-26-57)50(58)37-17-15-35(34-52)16-18-37)33-45(53-61-4-2)43-31-39(13-7-9-24-55)42(14-8-10-25-56)48(49(43)51)44-32-41(21-22-46(44)63-51)62-40-20-19-36-11-5-6-12-38(36)30-40/h3,5-6,11-12,15-22,30-32,39,42,47-49,55-57H,1,4,7-10,13-14,23-29,33H2,2H3. The molecule has 63 heavy (non-hydrogen) atoms. The fourth-order valence-corrected chi connectivity index (χ4v) is 9.80. The summed E-state index contributed by atoms with van der Waals surface area (Å²) in [6.45, 7) is 6.68. The maximum Gasteiger partial charge on any atom is 0.254 e. The Hall–Kier alpha value is -5.55. The highest BCUT2D eigenvalue weighted by atomic mass is 16.7. The van der Waals surface area contributed by atoms with Gasteiger partial charge in [-0.25, -0.2) is 0 Å². The number of unbranched alkanes of at least 4 members (excludes halogenated alkanes) is 2. The normalized spacial score (nSPS) is 22.9. The molecule has 1 amide bonds. The molecule has 0 saturated heterocycles. The van der Waals surface area contributed by atoms with Crippen LogP contribution in [-0.2, 0) is 14.3 Å². The first-order valence-corrected chi connectivity index (χ1v) is 22.3. The minimum atomic E-state index is -1.48. The number of allylic oxidation sites excluding steroid dienone is 1. The molecule has 1 saturated carbocycles. The third kappa shape index (κ3) is 9.99. The monoisotopic (exact) mass is 857 g/mol. The van der Waals surface area contributed by atoms with E-state index in [1.807, 2.05) is 49.4 Å². The molecule has 4 aromatic rings. The van der Waals surface area contributed by atoms with Crippen LogP contribution >= 0.6 is 0 Å². The Bertz CT molecular complexity index is 2290. The average molecular weight is 858 g/mol. The van der Waals surface area contributed by atoms with E-state index in [9.17, 15) is 20.6 Å². The number of aliphatic hydroxyl groups is 3. The highest BCUT2D eigenvalue weighted by Crippen LogP contribution is 2.62. The summed E-state index contributed by atoms with van der Waals surface area (Å²) in [6, 6.07) is 28.0. The zero-order valence-corrected chi connectivity index (χ0v) is 36.1. The number of aliphatic hydroxyl groups excluding tert-OH is 3. The molecule has 12 nitrogen and oxygen atoms in total. The van der Waals surface area contributed by atoms with E-state index in [0.717, 1.165) is 47.6 Å². The van der Waals surface area contributed by atoms with Crippen LogP contribution in [0.4, 0.5) is 0 Å². The van der Waals surface area contributed by atoms with E-state index in [4.69, 9.17) is 28.9 Å². The molecule has 0 spiro atoms. The summed E-state index contributed by atoms with van der Waals surface area (Å²) >= 11 is 0. The number of hydrogen-bond donors (Lipinski definition) is 3. The number of carbonyl (C=O) groups is 1. The van der Waals surface area contributed by atoms with Gasteiger partial charge < -0.3 is 44.0 Å². The lowest BCUT2D eigenvalue weighted by atomic mass is 9.55. The molecule has 0 bridgehead atoms. The largest absolute Gasteiger partial charge is 0.459 e. The molecule has 6 unspecified atom stereocenters. The van der Waals surface area contributed by atoms with Crippen molar-refractivity contribution in [3.8, 4) is 23.3 Å². The van der Waals surface area contributed by atoms with Gasteiger partial charge in [-0.05, 0) is 115 Å². The van der Waals surface area contributed by atoms with Gasteiger partial charge in [-0.2, -0.15) is 5.26 Å². The highest BCUT2D eigenvalue weighted by molar-refractivity contribution is 6.03. The van der Waals surface area contributed by atoms with Crippen LogP contribution in [0.3, 0.4) is 0 Å². The molecule has 1 heterocycles. The molecule has 1 fully saturated rings. The van der Waals surface area contributed by atoms with Gasteiger partial charge in [0.1, 0.15) is 29.9 Å². The van der Waals surface area contributed by atoms with E-state index in [0.29, 0.717) is 53.5 Å². The lowest BCUT2D eigenvalue weighted by Gasteiger charge is -2.60. The Balaban J connectivity index is 1.43. The van der Waals surface area contributed by atoms with Crippen molar-refractivity contribution in [2.24, 2.45) is 22.9 Å². The van der Waals surface area contributed by atoms with Crippen molar-refractivity contribution in [1.29, 1.82) is 5.26 Å². The van der Waals surface area contributed by atoms with Crippen molar-refractivity contribution in [3.05, 3.63) is 126 Å². The first-order valence-electron chi connectivity index (χ1n) is 22.3. The van der Waals surface area contributed by atoms with Crippen molar-refractivity contribution in [2.75, 3.05) is 52.8 Å². The molecule has 6 atom stereocenters. The number of nitriles is 1. The Labute approximate surface area is 370 Å². The number of amides is 1. The van der Waals surface area contributed by atoms with E-state index >= 15 is 4.79 Å². The SMILES string of the molecule is C=CCOC12Oc3ccc(Oc4ccc5ccccc5c4)cc3C3C(CCCCO)C(CCCCO)C=C(C(=NOCC)CC1N(CCOCCO)C(=O)c1ccc(C#N)cc1)C32. The van der Waals surface area contributed by atoms with Crippen LogP contribution in [-0.4, -0.2) is 96.5 Å².